The van der Waals surface area contributed by atoms with Crippen molar-refractivity contribution in [3.63, 3.8) is 0 Å². The van der Waals surface area contributed by atoms with Crippen LogP contribution in [0.1, 0.15) is 12.6 Å². The standard InChI is InChI=1S/C12H15N3O4S2/c1-3-19-11(16)6-9-8-20-12(13-9)14-21(17,18)10-4-5-15(2)7-10/h4-5,7-8H,3,6H2,1-2H3,(H,13,14). The number of thiazole rings is 1. The van der Waals surface area contributed by atoms with Crippen LogP contribution in [0.3, 0.4) is 0 Å². The molecule has 2 aromatic heterocycles. The highest BCUT2D eigenvalue weighted by molar-refractivity contribution is 7.93. The molecule has 0 aliphatic carbocycles. The highest BCUT2D eigenvalue weighted by Gasteiger charge is 2.17. The van der Waals surface area contributed by atoms with E-state index in [1.54, 1.807) is 30.1 Å². The maximum absolute atomic E-state index is 12.1. The highest BCUT2D eigenvalue weighted by atomic mass is 32.2. The first-order valence-electron chi connectivity index (χ1n) is 6.15. The van der Waals surface area contributed by atoms with Gasteiger partial charge in [0.1, 0.15) is 4.90 Å². The van der Waals surface area contributed by atoms with E-state index in [1.807, 2.05) is 0 Å². The van der Waals surface area contributed by atoms with Crippen molar-refractivity contribution in [1.29, 1.82) is 0 Å². The van der Waals surface area contributed by atoms with Crippen LogP contribution in [0, 0.1) is 0 Å². The van der Waals surface area contributed by atoms with Crippen molar-refractivity contribution in [1.82, 2.24) is 9.55 Å². The van der Waals surface area contributed by atoms with Crippen LogP contribution in [0.15, 0.2) is 28.7 Å². The molecule has 0 atom stereocenters. The first kappa shape index (κ1) is 15.5. The predicted octanol–water partition coefficient (Wildman–Crippen LogP) is 1.39. The van der Waals surface area contributed by atoms with Crippen molar-refractivity contribution in [2.75, 3.05) is 11.3 Å². The molecule has 0 aromatic carbocycles. The fourth-order valence-corrected chi connectivity index (χ4v) is 3.62. The second-order valence-corrected chi connectivity index (χ2v) is 6.78. The first-order valence-corrected chi connectivity index (χ1v) is 8.52. The van der Waals surface area contributed by atoms with Crippen molar-refractivity contribution < 1.29 is 17.9 Å². The lowest BCUT2D eigenvalue weighted by Crippen LogP contribution is -2.12. The van der Waals surface area contributed by atoms with Crippen LogP contribution >= 0.6 is 11.3 Å². The number of carbonyl (C=O) groups excluding carboxylic acids is 1. The molecule has 2 aromatic rings. The number of carbonyl (C=O) groups is 1. The lowest BCUT2D eigenvalue weighted by molar-refractivity contribution is -0.142. The number of rotatable bonds is 6. The number of hydrogen-bond donors (Lipinski definition) is 1. The number of aryl methyl sites for hydroxylation is 1. The topological polar surface area (TPSA) is 90.3 Å². The number of aromatic nitrogens is 2. The summed E-state index contributed by atoms with van der Waals surface area (Å²) in [4.78, 5) is 15.6. The molecule has 0 saturated heterocycles. The monoisotopic (exact) mass is 329 g/mol. The number of nitrogens with one attached hydrogen (secondary N) is 1. The SMILES string of the molecule is CCOC(=O)Cc1csc(NS(=O)(=O)c2ccn(C)c2)n1. The van der Waals surface area contributed by atoms with E-state index < -0.39 is 10.0 Å². The largest absolute Gasteiger partial charge is 0.466 e. The number of hydrogen-bond acceptors (Lipinski definition) is 6. The Bertz CT molecular complexity index is 733. The molecule has 0 aliphatic rings. The Morgan fingerprint density at radius 2 is 2.29 bits per heavy atom. The van der Waals surface area contributed by atoms with E-state index >= 15 is 0 Å². The number of nitrogens with zero attached hydrogens (tertiary/aromatic N) is 2. The van der Waals surface area contributed by atoms with E-state index in [2.05, 4.69) is 9.71 Å². The first-order chi connectivity index (χ1) is 9.90. The van der Waals surface area contributed by atoms with Gasteiger partial charge in [-0.05, 0) is 13.0 Å². The quantitative estimate of drug-likeness (QED) is 0.809. The summed E-state index contributed by atoms with van der Waals surface area (Å²) in [5.74, 6) is -0.389. The van der Waals surface area contributed by atoms with Gasteiger partial charge in [0.2, 0.25) is 0 Å². The molecular weight excluding hydrogens is 314 g/mol. The molecule has 21 heavy (non-hydrogen) atoms. The average Bonchev–Trinajstić information content (AvgIpc) is 2.99. The number of sulfonamides is 1. The zero-order valence-corrected chi connectivity index (χ0v) is 13.2. The molecule has 7 nitrogen and oxygen atoms in total. The average molecular weight is 329 g/mol. The fourth-order valence-electron chi connectivity index (χ4n) is 1.61. The molecule has 0 unspecified atom stereocenters. The molecule has 0 spiro atoms. The zero-order chi connectivity index (χ0) is 15.5. The molecular formula is C12H15N3O4S2. The smallest absolute Gasteiger partial charge is 0.311 e. The van der Waals surface area contributed by atoms with Gasteiger partial charge in [-0.2, -0.15) is 0 Å². The Morgan fingerprint density at radius 1 is 1.52 bits per heavy atom. The van der Waals surface area contributed by atoms with Gasteiger partial charge in [0, 0.05) is 24.8 Å². The van der Waals surface area contributed by atoms with E-state index in [0.717, 1.165) is 11.3 Å². The lowest BCUT2D eigenvalue weighted by Gasteiger charge is -2.02. The minimum absolute atomic E-state index is 0.0252. The van der Waals surface area contributed by atoms with Gasteiger partial charge < -0.3 is 9.30 Å². The third-order valence-corrected chi connectivity index (χ3v) is 4.78. The summed E-state index contributed by atoms with van der Waals surface area (Å²) < 4.78 is 33.0. The maximum Gasteiger partial charge on any atom is 0.311 e. The summed E-state index contributed by atoms with van der Waals surface area (Å²) in [6, 6.07) is 1.50. The van der Waals surface area contributed by atoms with Crippen molar-refractivity contribution >= 4 is 32.5 Å². The van der Waals surface area contributed by atoms with Crippen LogP contribution in [-0.2, 0) is 33.0 Å². The van der Waals surface area contributed by atoms with Crippen molar-refractivity contribution in [2.24, 2.45) is 7.05 Å². The summed E-state index contributed by atoms with van der Waals surface area (Å²) in [5.41, 5.74) is 0.476. The summed E-state index contributed by atoms with van der Waals surface area (Å²) in [7, 11) is -1.92. The molecule has 0 saturated carbocycles. The number of anilines is 1. The molecule has 0 fully saturated rings. The van der Waals surface area contributed by atoms with Gasteiger partial charge in [0.25, 0.3) is 10.0 Å². The van der Waals surface area contributed by atoms with Gasteiger partial charge in [-0.15, -0.1) is 11.3 Å². The number of ether oxygens (including phenoxy) is 1. The number of esters is 1. The van der Waals surface area contributed by atoms with Crippen molar-refractivity contribution in [3.05, 3.63) is 29.5 Å². The summed E-state index contributed by atoms with van der Waals surface area (Å²) >= 11 is 1.12. The van der Waals surface area contributed by atoms with E-state index in [0.29, 0.717) is 12.3 Å². The van der Waals surface area contributed by atoms with Crippen LogP contribution in [-0.4, -0.2) is 30.5 Å². The van der Waals surface area contributed by atoms with E-state index in [-0.39, 0.29) is 22.4 Å². The molecule has 0 bridgehead atoms. The second kappa shape index (κ2) is 6.27. The van der Waals surface area contributed by atoms with Gasteiger partial charge in [0.15, 0.2) is 5.13 Å². The van der Waals surface area contributed by atoms with E-state index in [4.69, 9.17) is 4.74 Å². The summed E-state index contributed by atoms with van der Waals surface area (Å²) in [6.45, 7) is 2.02. The predicted molar refractivity (Wildman–Crippen MR) is 78.7 cm³/mol. The van der Waals surface area contributed by atoms with Crippen molar-refractivity contribution in [2.45, 2.75) is 18.2 Å². The Labute approximate surface area is 126 Å². The molecule has 0 aliphatic heterocycles. The van der Waals surface area contributed by atoms with Gasteiger partial charge in [-0.25, -0.2) is 13.4 Å². The molecule has 114 valence electrons. The van der Waals surface area contributed by atoms with Crippen molar-refractivity contribution in [3.8, 4) is 0 Å². The van der Waals surface area contributed by atoms with Crippen LogP contribution in [0.4, 0.5) is 5.13 Å². The minimum Gasteiger partial charge on any atom is -0.466 e. The Kier molecular flexibility index (Phi) is 4.63. The zero-order valence-electron chi connectivity index (χ0n) is 11.6. The highest BCUT2D eigenvalue weighted by Crippen LogP contribution is 2.20. The van der Waals surface area contributed by atoms with Gasteiger partial charge in [-0.3, -0.25) is 9.52 Å². The fraction of sp³-hybridized carbons (Fsp3) is 0.333. The Hall–Kier alpha value is -1.87. The Balaban J connectivity index is 2.07. The van der Waals surface area contributed by atoms with Gasteiger partial charge in [0.05, 0.1) is 18.7 Å². The second-order valence-electron chi connectivity index (χ2n) is 4.24. The molecule has 9 heteroatoms. The Morgan fingerprint density at radius 3 is 2.90 bits per heavy atom. The van der Waals surface area contributed by atoms with Gasteiger partial charge in [-0.1, -0.05) is 0 Å². The molecule has 0 radical (unpaired) electrons. The molecule has 2 rings (SSSR count). The van der Waals surface area contributed by atoms with Gasteiger partial charge >= 0.3 is 5.97 Å². The van der Waals surface area contributed by atoms with E-state index in [1.165, 1.54) is 12.3 Å². The third kappa shape index (κ3) is 4.05. The van der Waals surface area contributed by atoms with E-state index in [9.17, 15) is 13.2 Å². The van der Waals surface area contributed by atoms with Crippen LogP contribution < -0.4 is 4.72 Å². The summed E-state index contributed by atoms with van der Waals surface area (Å²) in [5, 5.41) is 1.85. The molecule has 1 N–H and O–H groups in total. The van der Waals surface area contributed by atoms with Crippen LogP contribution in [0.2, 0.25) is 0 Å². The molecule has 0 amide bonds. The van der Waals surface area contributed by atoms with Crippen LogP contribution in [0.25, 0.3) is 0 Å². The van der Waals surface area contributed by atoms with Crippen LogP contribution in [0.5, 0.6) is 0 Å². The third-order valence-electron chi connectivity index (χ3n) is 2.52. The minimum atomic E-state index is -3.66. The lowest BCUT2D eigenvalue weighted by atomic mass is 10.3. The summed E-state index contributed by atoms with van der Waals surface area (Å²) in [6.07, 6.45) is 3.16. The molecule has 2 heterocycles. The maximum atomic E-state index is 12.1. The normalized spacial score (nSPS) is 11.3.